The second kappa shape index (κ2) is 6.54. The van der Waals surface area contributed by atoms with Crippen molar-refractivity contribution >= 4 is 34.9 Å². The Morgan fingerprint density at radius 2 is 1.67 bits per heavy atom. The van der Waals surface area contributed by atoms with Gasteiger partial charge in [0, 0.05) is 49.2 Å². The molecule has 112 valence electrons. The Morgan fingerprint density at radius 3 is 2.33 bits per heavy atom. The summed E-state index contributed by atoms with van der Waals surface area (Å²) in [5.74, 6) is 1.09. The Morgan fingerprint density at radius 1 is 1.00 bits per heavy atom. The molecule has 1 aromatic carbocycles. The van der Waals surface area contributed by atoms with Crippen LogP contribution in [0.25, 0.3) is 0 Å². The Bertz CT molecular complexity index is 579. The zero-order chi connectivity index (χ0) is 14.7. The lowest BCUT2D eigenvalue weighted by atomic mass is 10.2. The van der Waals surface area contributed by atoms with E-state index in [2.05, 4.69) is 20.0 Å². The normalized spacial score (nSPS) is 15.5. The predicted molar refractivity (Wildman–Crippen MR) is 84.6 cm³/mol. The highest BCUT2D eigenvalue weighted by molar-refractivity contribution is 6.30. The average Bonchev–Trinajstić information content (AvgIpc) is 2.97. The highest BCUT2D eigenvalue weighted by atomic mass is 35.5. The Kier molecular flexibility index (Phi) is 4.51. The van der Waals surface area contributed by atoms with E-state index in [1.165, 1.54) is 5.69 Å². The van der Waals surface area contributed by atoms with Gasteiger partial charge in [-0.3, -0.25) is 0 Å². The predicted octanol–water partition coefficient (Wildman–Crippen LogP) is 2.83. The number of alkyl halides is 1. The van der Waals surface area contributed by atoms with E-state index < -0.39 is 0 Å². The van der Waals surface area contributed by atoms with Gasteiger partial charge in [0.1, 0.15) is 0 Å². The van der Waals surface area contributed by atoms with Crippen molar-refractivity contribution in [1.82, 2.24) is 10.2 Å². The number of nitrogens with zero attached hydrogens (tertiary/aromatic N) is 4. The molecule has 0 bridgehead atoms. The Hall–Kier alpha value is -1.46. The summed E-state index contributed by atoms with van der Waals surface area (Å²) in [5, 5.41) is 8.84. The van der Waals surface area contributed by atoms with Crippen LogP contribution < -0.4 is 9.80 Å². The number of piperazine rings is 1. The van der Waals surface area contributed by atoms with Gasteiger partial charge in [-0.05, 0) is 24.3 Å². The second-order valence-corrected chi connectivity index (χ2v) is 5.68. The lowest BCUT2D eigenvalue weighted by molar-refractivity contribution is 0.479. The number of rotatable bonds is 4. The van der Waals surface area contributed by atoms with Crippen LogP contribution in [0.2, 0.25) is 5.02 Å². The molecule has 1 saturated heterocycles. The van der Waals surface area contributed by atoms with E-state index in [0.29, 0.717) is 24.2 Å². The molecule has 1 aromatic heterocycles. The van der Waals surface area contributed by atoms with E-state index in [1.54, 1.807) is 0 Å². The lowest BCUT2D eigenvalue weighted by Crippen LogP contribution is -2.46. The summed E-state index contributed by atoms with van der Waals surface area (Å²) in [6.45, 7) is 3.53. The molecule has 1 fully saturated rings. The number of hydrogen-bond donors (Lipinski definition) is 0. The summed E-state index contributed by atoms with van der Waals surface area (Å²) >= 11 is 11.6. The molecule has 0 radical (unpaired) electrons. The fourth-order valence-corrected chi connectivity index (χ4v) is 2.65. The van der Waals surface area contributed by atoms with Gasteiger partial charge in [0.15, 0.2) is 0 Å². The van der Waals surface area contributed by atoms with Crippen LogP contribution in [0.1, 0.15) is 5.89 Å². The molecule has 7 heteroatoms. The molecule has 0 saturated carbocycles. The van der Waals surface area contributed by atoms with Crippen molar-refractivity contribution in [3.05, 3.63) is 35.2 Å². The van der Waals surface area contributed by atoms with Gasteiger partial charge in [0.2, 0.25) is 5.89 Å². The van der Waals surface area contributed by atoms with Gasteiger partial charge in [-0.1, -0.05) is 16.7 Å². The van der Waals surface area contributed by atoms with Crippen molar-refractivity contribution in [2.45, 2.75) is 6.42 Å². The van der Waals surface area contributed by atoms with Crippen LogP contribution in [0, 0.1) is 0 Å². The molecule has 0 N–H and O–H groups in total. The molecule has 3 rings (SSSR count). The van der Waals surface area contributed by atoms with E-state index >= 15 is 0 Å². The molecule has 5 nitrogen and oxygen atoms in total. The molecule has 1 aliphatic rings. The first-order chi connectivity index (χ1) is 10.3. The number of anilines is 2. The summed E-state index contributed by atoms with van der Waals surface area (Å²) in [6, 6.07) is 8.51. The van der Waals surface area contributed by atoms with Gasteiger partial charge in [0.05, 0.1) is 0 Å². The van der Waals surface area contributed by atoms with Crippen LogP contribution in [-0.2, 0) is 6.42 Å². The third-order valence-electron chi connectivity index (χ3n) is 3.51. The number of halogens is 2. The fourth-order valence-electron chi connectivity index (χ4n) is 2.36. The minimum Gasteiger partial charge on any atom is -0.408 e. The molecular formula is C14H16Cl2N4O. The minimum atomic E-state index is 0.492. The molecule has 0 atom stereocenters. The summed E-state index contributed by atoms with van der Waals surface area (Å²) in [5.41, 5.74) is 1.19. The Labute approximate surface area is 133 Å². The van der Waals surface area contributed by atoms with Crippen LogP contribution in [-0.4, -0.2) is 42.3 Å². The van der Waals surface area contributed by atoms with E-state index in [-0.39, 0.29) is 0 Å². The van der Waals surface area contributed by atoms with Crippen molar-refractivity contribution in [1.29, 1.82) is 0 Å². The molecule has 0 unspecified atom stereocenters. The van der Waals surface area contributed by atoms with Gasteiger partial charge >= 0.3 is 6.01 Å². The third-order valence-corrected chi connectivity index (χ3v) is 3.95. The van der Waals surface area contributed by atoms with Crippen molar-refractivity contribution < 1.29 is 4.42 Å². The minimum absolute atomic E-state index is 0.492. The third kappa shape index (κ3) is 3.41. The first-order valence-corrected chi connectivity index (χ1v) is 7.81. The van der Waals surface area contributed by atoms with Crippen LogP contribution in [0.3, 0.4) is 0 Å². The summed E-state index contributed by atoms with van der Waals surface area (Å²) in [7, 11) is 0. The number of hydrogen-bond acceptors (Lipinski definition) is 5. The summed E-state index contributed by atoms with van der Waals surface area (Å²) in [4.78, 5) is 4.43. The Balaban J connectivity index is 1.60. The standard InChI is InChI=1S/C14H16Cl2N4O/c15-6-5-13-17-18-14(21-13)20-9-7-19(8-10-20)12-3-1-11(16)2-4-12/h1-4H,5-10H2. The topological polar surface area (TPSA) is 45.4 Å². The number of aromatic nitrogens is 2. The lowest BCUT2D eigenvalue weighted by Gasteiger charge is -2.35. The first kappa shape index (κ1) is 14.5. The quantitative estimate of drug-likeness (QED) is 0.808. The fraction of sp³-hybridized carbons (Fsp3) is 0.429. The van der Waals surface area contributed by atoms with Gasteiger partial charge in [-0.2, -0.15) is 0 Å². The largest absolute Gasteiger partial charge is 0.408 e. The van der Waals surface area contributed by atoms with Crippen LogP contribution in [0.4, 0.5) is 11.7 Å². The molecule has 2 aromatic rings. The van der Waals surface area contributed by atoms with Crippen molar-refractivity contribution in [3.8, 4) is 0 Å². The zero-order valence-electron chi connectivity index (χ0n) is 11.5. The average molecular weight is 327 g/mol. The number of benzene rings is 1. The van der Waals surface area contributed by atoms with Crippen LogP contribution in [0.5, 0.6) is 0 Å². The van der Waals surface area contributed by atoms with E-state index in [0.717, 1.165) is 31.2 Å². The maximum Gasteiger partial charge on any atom is 0.318 e. The van der Waals surface area contributed by atoms with Crippen molar-refractivity contribution in [2.75, 3.05) is 41.9 Å². The summed E-state index contributed by atoms with van der Waals surface area (Å²) in [6.07, 6.45) is 0.610. The monoisotopic (exact) mass is 326 g/mol. The van der Waals surface area contributed by atoms with Gasteiger partial charge in [-0.15, -0.1) is 16.7 Å². The number of aryl methyl sites for hydroxylation is 1. The maximum atomic E-state index is 5.92. The van der Waals surface area contributed by atoms with E-state index in [4.69, 9.17) is 27.6 Å². The molecular weight excluding hydrogens is 311 g/mol. The molecule has 21 heavy (non-hydrogen) atoms. The highest BCUT2D eigenvalue weighted by Gasteiger charge is 2.21. The molecule has 0 amide bonds. The molecule has 1 aliphatic heterocycles. The van der Waals surface area contributed by atoms with Crippen molar-refractivity contribution in [2.24, 2.45) is 0 Å². The van der Waals surface area contributed by atoms with Crippen LogP contribution in [0.15, 0.2) is 28.7 Å². The molecule has 0 spiro atoms. The smallest absolute Gasteiger partial charge is 0.318 e. The first-order valence-electron chi connectivity index (χ1n) is 6.90. The van der Waals surface area contributed by atoms with Crippen LogP contribution >= 0.6 is 23.2 Å². The maximum absolute atomic E-state index is 5.92. The van der Waals surface area contributed by atoms with Gasteiger partial charge in [0.25, 0.3) is 0 Å². The van der Waals surface area contributed by atoms with Gasteiger partial charge in [-0.25, -0.2) is 0 Å². The highest BCUT2D eigenvalue weighted by Crippen LogP contribution is 2.21. The SMILES string of the molecule is ClCCc1nnc(N2CCN(c3ccc(Cl)cc3)CC2)o1. The molecule has 2 heterocycles. The van der Waals surface area contributed by atoms with Gasteiger partial charge < -0.3 is 14.2 Å². The zero-order valence-corrected chi connectivity index (χ0v) is 13.0. The molecule has 0 aliphatic carbocycles. The second-order valence-electron chi connectivity index (χ2n) is 4.87. The van der Waals surface area contributed by atoms with Crippen molar-refractivity contribution in [3.63, 3.8) is 0 Å². The van der Waals surface area contributed by atoms with E-state index in [9.17, 15) is 0 Å². The van der Waals surface area contributed by atoms with E-state index in [1.807, 2.05) is 24.3 Å². The summed E-state index contributed by atoms with van der Waals surface area (Å²) < 4.78 is 5.60.